The highest BCUT2D eigenvalue weighted by Gasteiger charge is 2.52. The van der Waals surface area contributed by atoms with Crippen LogP contribution in [0.25, 0.3) is 0 Å². The largest absolute Gasteiger partial charge is 0.344 e. The number of carbonyl (C=O) groups is 3. The fraction of sp³-hybridized carbons (Fsp3) is 0.348. The van der Waals surface area contributed by atoms with Crippen molar-refractivity contribution in [3.8, 4) is 0 Å². The van der Waals surface area contributed by atoms with Crippen LogP contribution in [0.4, 0.5) is 4.79 Å². The Kier molecular flexibility index (Phi) is 5.30. The van der Waals surface area contributed by atoms with Crippen molar-refractivity contribution in [2.75, 3.05) is 13.6 Å². The summed E-state index contributed by atoms with van der Waals surface area (Å²) in [6.45, 7) is 1.92. The molecule has 2 atom stereocenters. The van der Waals surface area contributed by atoms with Gasteiger partial charge in [0.05, 0.1) is 6.54 Å². The first-order chi connectivity index (χ1) is 14.5. The molecule has 1 heterocycles. The van der Waals surface area contributed by atoms with E-state index in [0.717, 1.165) is 17.9 Å². The maximum Gasteiger partial charge on any atom is 0.344 e. The van der Waals surface area contributed by atoms with Crippen LogP contribution in [0.2, 0.25) is 0 Å². The molecule has 4 amide bonds. The minimum absolute atomic E-state index is 0.0839. The van der Waals surface area contributed by atoms with Gasteiger partial charge in [-0.05, 0) is 43.0 Å². The Morgan fingerprint density at radius 1 is 1.17 bits per heavy atom. The molecule has 0 saturated carbocycles. The van der Waals surface area contributed by atoms with Crippen molar-refractivity contribution < 1.29 is 14.4 Å². The molecule has 156 valence electrons. The van der Waals surface area contributed by atoms with Gasteiger partial charge in [0, 0.05) is 6.04 Å². The molecule has 30 heavy (non-hydrogen) atoms. The highest BCUT2D eigenvalue weighted by Crippen LogP contribution is 2.35. The Morgan fingerprint density at radius 2 is 1.87 bits per heavy atom. The summed E-state index contributed by atoms with van der Waals surface area (Å²) in [5.74, 6) is -0.867. The second-order valence-electron chi connectivity index (χ2n) is 7.90. The summed E-state index contributed by atoms with van der Waals surface area (Å²) in [5, 5.41) is 3.58. The Bertz CT molecular complexity index is 977. The van der Waals surface area contributed by atoms with Crippen molar-refractivity contribution in [1.29, 1.82) is 0 Å². The third kappa shape index (κ3) is 3.35. The number of carbonyl (C=O) groups excluding carboxylic acids is 3. The first-order valence-electron chi connectivity index (χ1n) is 10.3. The van der Waals surface area contributed by atoms with Gasteiger partial charge in [-0.3, -0.25) is 19.9 Å². The number of hydrogen-bond donors (Lipinski definition) is 2. The van der Waals surface area contributed by atoms with E-state index in [1.165, 1.54) is 11.1 Å². The van der Waals surface area contributed by atoms with Crippen LogP contribution in [0.1, 0.15) is 42.5 Å². The zero-order valence-corrected chi connectivity index (χ0v) is 17.2. The molecule has 1 aliphatic heterocycles. The van der Waals surface area contributed by atoms with Crippen LogP contribution in [0.15, 0.2) is 54.6 Å². The number of urea groups is 1. The van der Waals surface area contributed by atoms with Gasteiger partial charge >= 0.3 is 6.03 Å². The van der Waals surface area contributed by atoms with Crippen LogP contribution in [0.3, 0.4) is 0 Å². The quantitative estimate of drug-likeness (QED) is 0.723. The van der Waals surface area contributed by atoms with E-state index in [2.05, 4.69) is 22.9 Å². The fourth-order valence-corrected chi connectivity index (χ4v) is 4.53. The summed E-state index contributed by atoms with van der Waals surface area (Å²) in [5.41, 5.74) is 4.58. The predicted octanol–water partition coefficient (Wildman–Crippen LogP) is 2.49. The van der Waals surface area contributed by atoms with Gasteiger partial charge in [-0.25, -0.2) is 4.79 Å². The van der Waals surface area contributed by atoms with E-state index in [4.69, 9.17) is 0 Å². The Balaban J connectivity index is 1.45. The molecule has 0 bridgehead atoms. The molecule has 2 aliphatic rings. The zero-order valence-electron chi connectivity index (χ0n) is 17.2. The maximum atomic E-state index is 13.1. The summed E-state index contributed by atoms with van der Waals surface area (Å²) in [6.07, 6.45) is 2.31. The molecule has 2 N–H and O–H groups in total. The number of imide groups is 1. The molecule has 4 rings (SSSR count). The maximum absolute atomic E-state index is 13.1. The van der Waals surface area contributed by atoms with Gasteiger partial charge in [-0.2, -0.15) is 5.01 Å². The lowest BCUT2D eigenvalue weighted by Crippen LogP contribution is -2.51. The second kappa shape index (κ2) is 7.91. The van der Waals surface area contributed by atoms with E-state index in [1.54, 1.807) is 12.1 Å². The second-order valence-corrected chi connectivity index (χ2v) is 7.90. The summed E-state index contributed by atoms with van der Waals surface area (Å²) in [7, 11) is 1.89. The summed E-state index contributed by atoms with van der Waals surface area (Å²) < 4.78 is 0. The number of aryl methyl sites for hydroxylation is 1. The van der Waals surface area contributed by atoms with E-state index in [1.807, 2.05) is 49.2 Å². The molecule has 7 heteroatoms. The Labute approximate surface area is 176 Å². The summed E-state index contributed by atoms with van der Waals surface area (Å²) in [6, 6.07) is 16.9. The monoisotopic (exact) mass is 406 g/mol. The van der Waals surface area contributed by atoms with Gasteiger partial charge in [0.2, 0.25) is 0 Å². The van der Waals surface area contributed by atoms with Gasteiger partial charge in [-0.1, -0.05) is 61.5 Å². The third-order valence-electron chi connectivity index (χ3n) is 6.15. The molecular weight excluding hydrogens is 380 g/mol. The SMILES string of the molecule is CC[C@]1(c2ccccc2)NC(=O)N(NC(=O)CN(C)[C@H]2CCc3ccccc32)C1=O. The average molecular weight is 406 g/mol. The molecule has 1 fully saturated rings. The molecule has 1 saturated heterocycles. The highest BCUT2D eigenvalue weighted by atomic mass is 16.2. The van der Waals surface area contributed by atoms with Crippen LogP contribution in [0.5, 0.6) is 0 Å². The summed E-state index contributed by atoms with van der Waals surface area (Å²) in [4.78, 5) is 40.3. The summed E-state index contributed by atoms with van der Waals surface area (Å²) >= 11 is 0. The lowest BCUT2D eigenvalue weighted by molar-refractivity contribution is -0.140. The van der Waals surface area contributed by atoms with Crippen LogP contribution >= 0.6 is 0 Å². The van der Waals surface area contributed by atoms with Crippen LogP contribution in [0, 0.1) is 0 Å². The van der Waals surface area contributed by atoms with Gasteiger partial charge < -0.3 is 5.32 Å². The smallest absolute Gasteiger partial charge is 0.318 e. The molecule has 0 spiro atoms. The first kappa shape index (κ1) is 20.1. The number of nitrogens with one attached hydrogen (secondary N) is 2. The Hall–Kier alpha value is -3.19. The van der Waals surface area contributed by atoms with E-state index in [9.17, 15) is 14.4 Å². The standard InChI is InChI=1S/C23H26N4O3/c1-3-23(17-10-5-4-6-11-17)21(29)27(22(30)24-23)25-20(28)15-26(2)19-14-13-16-9-7-8-12-18(16)19/h4-12,19H,3,13-15H2,1-2H3,(H,24,30)(H,25,28)/t19-,23+/m0/s1. The molecule has 0 unspecified atom stereocenters. The van der Waals surface area contributed by atoms with Crippen LogP contribution in [-0.4, -0.2) is 41.3 Å². The molecule has 0 radical (unpaired) electrons. The van der Waals surface area contributed by atoms with Crippen LogP contribution < -0.4 is 10.7 Å². The van der Waals surface area contributed by atoms with E-state index < -0.39 is 23.4 Å². The zero-order chi connectivity index (χ0) is 21.3. The molecule has 2 aromatic carbocycles. The number of rotatable bonds is 6. The topological polar surface area (TPSA) is 81.8 Å². The number of amides is 4. The molecular formula is C23H26N4O3. The van der Waals surface area contributed by atoms with Crippen molar-refractivity contribution in [2.45, 2.75) is 37.8 Å². The van der Waals surface area contributed by atoms with E-state index in [-0.39, 0.29) is 12.6 Å². The van der Waals surface area contributed by atoms with E-state index >= 15 is 0 Å². The number of benzene rings is 2. The van der Waals surface area contributed by atoms with E-state index in [0.29, 0.717) is 12.0 Å². The number of fused-ring (bicyclic) bond motifs is 1. The van der Waals surface area contributed by atoms with Gasteiger partial charge in [0.15, 0.2) is 0 Å². The fourth-order valence-electron chi connectivity index (χ4n) is 4.53. The average Bonchev–Trinajstić information content (AvgIpc) is 3.29. The number of hydrazine groups is 1. The number of hydrogen-bond acceptors (Lipinski definition) is 4. The predicted molar refractivity (Wildman–Crippen MR) is 112 cm³/mol. The Morgan fingerprint density at radius 3 is 2.60 bits per heavy atom. The van der Waals surface area contributed by atoms with Crippen molar-refractivity contribution in [2.24, 2.45) is 0 Å². The lowest BCUT2D eigenvalue weighted by atomic mass is 9.87. The van der Waals surface area contributed by atoms with Crippen LogP contribution in [-0.2, 0) is 21.5 Å². The third-order valence-corrected chi connectivity index (χ3v) is 6.15. The molecule has 0 aromatic heterocycles. The highest BCUT2D eigenvalue weighted by molar-refractivity contribution is 6.08. The van der Waals surface area contributed by atoms with Crippen molar-refractivity contribution in [3.63, 3.8) is 0 Å². The van der Waals surface area contributed by atoms with Gasteiger partial charge in [0.25, 0.3) is 11.8 Å². The first-order valence-corrected chi connectivity index (χ1v) is 10.3. The van der Waals surface area contributed by atoms with Crippen molar-refractivity contribution >= 4 is 17.8 Å². The van der Waals surface area contributed by atoms with Crippen molar-refractivity contribution in [3.05, 3.63) is 71.3 Å². The molecule has 2 aromatic rings. The van der Waals surface area contributed by atoms with Crippen molar-refractivity contribution in [1.82, 2.24) is 20.7 Å². The van der Waals surface area contributed by atoms with Gasteiger partial charge in [0.1, 0.15) is 5.54 Å². The number of nitrogens with zero attached hydrogens (tertiary/aromatic N) is 2. The normalized spacial score (nSPS) is 22.9. The molecule has 1 aliphatic carbocycles. The minimum atomic E-state index is -1.16. The molecule has 7 nitrogen and oxygen atoms in total. The van der Waals surface area contributed by atoms with Gasteiger partial charge in [-0.15, -0.1) is 0 Å². The lowest BCUT2D eigenvalue weighted by Gasteiger charge is -2.27. The number of likely N-dealkylation sites (N-methyl/N-ethyl adjacent to an activating group) is 1. The minimum Gasteiger partial charge on any atom is -0.318 e.